The zero-order chi connectivity index (χ0) is 23.9. The van der Waals surface area contributed by atoms with Crippen molar-refractivity contribution in [3.63, 3.8) is 0 Å². The summed E-state index contributed by atoms with van der Waals surface area (Å²) in [5.41, 5.74) is 5.04. The Morgan fingerprint density at radius 1 is 0.800 bits per heavy atom. The molecule has 1 aliphatic carbocycles. The second-order valence-electron chi connectivity index (χ2n) is 9.45. The molecule has 1 fully saturated rings. The molecule has 3 amide bonds. The van der Waals surface area contributed by atoms with Crippen LogP contribution in [-0.2, 0) is 0 Å². The molecule has 1 unspecified atom stereocenters. The lowest BCUT2D eigenvalue weighted by molar-refractivity contribution is 0.0643. The first kappa shape index (κ1) is 21.5. The minimum absolute atomic E-state index is 0.0277. The van der Waals surface area contributed by atoms with Crippen LogP contribution in [0.2, 0.25) is 0 Å². The van der Waals surface area contributed by atoms with Gasteiger partial charge in [-0.3, -0.25) is 24.3 Å². The summed E-state index contributed by atoms with van der Waals surface area (Å²) in [5.74, 6) is -0.579. The first-order valence-corrected chi connectivity index (χ1v) is 12.1. The highest BCUT2D eigenvalue weighted by Gasteiger charge is 2.38. The van der Waals surface area contributed by atoms with E-state index in [0.717, 1.165) is 11.1 Å². The molecular formula is C28H24N4O3. The average molecular weight is 465 g/mol. The molecule has 3 aromatic rings. The van der Waals surface area contributed by atoms with Gasteiger partial charge in [-0.1, -0.05) is 37.5 Å². The molecule has 7 heteroatoms. The van der Waals surface area contributed by atoms with Crippen LogP contribution in [-0.4, -0.2) is 34.2 Å². The lowest BCUT2D eigenvalue weighted by Crippen LogP contribution is -2.34. The Labute approximate surface area is 202 Å². The van der Waals surface area contributed by atoms with Gasteiger partial charge in [0.15, 0.2) is 0 Å². The van der Waals surface area contributed by atoms with Gasteiger partial charge in [-0.05, 0) is 65.8 Å². The summed E-state index contributed by atoms with van der Waals surface area (Å²) in [6.07, 6.45) is 9.96. The van der Waals surface area contributed by atoms with Crippen molar-refractivity contribution < 1.29 is 14.4 Å². The molecule has 0 radical (unpaired) electrons. The van der Waals surface area contributed by atoms with Crippen LogP contribution in [0.25, 0.3) is 11.1 Å². The number of aromatic nitrogens is 1. The van der Waals surface area contributed by atoms with E-state index >= 15 is 0 Å². The molecule has 2 aromatic carbocycles. The van der Waals surface area contributed by atoms with Gasteiger partial charge >= 0.3 is 0 Å². The first-order valence-electron chi connectivity index (χ1n) is 12.1. The van der Waals surface area contributed by atoms with Crippen molar-refractivity contribution >= 4 is 17.7 Å². The molecule has 1 aromatic heterocycles. The average Bonchev–Trinajstić information content (AvgIpc) is 3.15. The number of imide groups is 1. The van der Waals surface area contributed by atoms with E-state index < -0.39 is 11.9 Å². The van der Waals surface area contributed by atoms with Crippen LogP contribution in [0.1, 0.15) is 86.3 Å². The van der Waals surface area contributed by atoms with Crippen LogP contribution in [0.4, 0.5) is 0 Å². The number of fused-ring (bicyclic) bond motifs is 2. The number of rotatable bonds is 4. The SMILES string of the molecule is O=C1N=NC(CN2C(=O)c3ccccc3C2=O)c2cc(-c3cncc(C4CCCCC4)c3)ccc21. The highest BCUT2D eigenvalue weighted by atomic mass is 16.2. The normalized spacial score (nSPS) is 19.7. The third kappa shape index (κ3) is 3.77. The third-order valence-electron chi connectivity index (χ3n) is 7.33. The van der Waals surface area contributed by atoms with Crippen molar-refractivity contribution in [1.29, 1.82) is 0 Å². The molecule has 174 valence electrons. The van der Waals surface area contributed by atoms with E-state index in [-0.39, 0.29) is 18.4 Å². The van der Waals surface area contributed by atoms with Crippen LogP contribution in [0, 0.1) is 0 Å². The monoisotopic (exact) mass is 464 g/mol. The van der Waals surface area contributed by atoms with Gasteiger partial charge in [0.05, 0.1) is 17.7 Å². The third-order valence-corrected chi connectivity index (χ3v) is 7.33. The summed E-state index contributed by atoms with van der Waals surface area (Å²) >= 11 is 0. The predicted octanol–water partition coefficient (Wildman–Crippen LogP) is 5.74. The Bertz CT molecular complexity index is 1360. The number of pyridine rings is 1. The van der Waals surface area contributed by atoms with Crippen molar-refractivity contribution in [3.8, 4) is 11.1 Å². The number of hydrogen-bond donors (Lipinski definition) is 0. The maximum atomic E-state index is 12.9. The van der Waals surface area contributed by atoms with Crippen LogP contribution < -0.4 is 0 Å². The fraction of sp³-hybridized carbons (Fsp3) is 0.286. The van der Waals surface area contributed by atoms with Crippen LogP contribution in [0.5, 0.6) is 0 Å². The Morgan fingerprint density at radius 2 is 1.54 bits per heavy atom. The molecule has 1 atom stereocenters. The molecular weight excluding hydrogens is 440 g/mol. The van der Waals surface area contributed by atoms with Crippen LogP contribution in [0.3, 0.4) is 0 Å². The molecule has 0 spiro atoms. The Hall–Kier alpha value is -4.00. The van der Waals surface area contributed by atoms with Crippen molar-refractivity contribution in [2.24, 2.45) is 10.2 Å². The Kier molecular flexibility index (Phi) is 5.32. The lowest BCUT2D eigenvalue weighted by Gasteiger charge is -2.24. The molecule has 0 N–H and O–H groups in total. The summed E-state index contributed by atoms with van der Waals surface area (Å²) in [6.45, 7) is 0.0277. The number of nitrogens with zero attached hydrogens (tertiary/aromatic N) is 4. The highest BCUT2D eigenvalue weighted by Crippen LogP contribution is 2.36. The Morgan fingerprint density at radius 3 is 2.29 bits per heavy atom. The minimum Gasteiger partial charge on any atom is -0.272 e. The van der Waals surface area contributed by atoms with Gasteiger partial charge in [0.1, 0.15) is 6.04 Å². The van der Waals surface area contributed by atoms with Crippen LogP contribution >= 0.6 is 0 Å². The molecule has 1 saturated carbocycles. The van der Waals surface area contributed by atoms with Gasteiger partial charge < -0.3 is 0 Å². The number of benzene rings is 2. The molecule has 0 bridgehead atoms. The number of carbonyl (C=O) groups is 3. The molecule has 0 saturated heterocycles. The summed E-state index contributed by atoms with van der Waals surface area (Å²) in [5, 5.41) is 7.98. The van der Waals surface area contributed by atoms with E-state index in [1.54, 1.807) is 30.3 Å². The zero-order valence-corrected chi connectivity index (χ0v) is 19.2. The molecule has 6 rings (SSSR count). The van der Waals surface area contributed by atoms with Crippen LogP contribution in [0.15, 0.2) is 71.2 Å². The Balaban J connectivity index is 1.32. The van der Waals surface area contributed by atoms with E-state index in [0.29, 0.717) is 28.2 Å². The van der Waals surface area contributed by atoms with Gasteiger partial charge in [-0.2, -0.15) is 5.11 Å². The zero-order valence-electron chi connectivity index (χ0n) is 19.2. The molecule has 3 heterocycles. The second-order valence-corrected chi connectivity index (χ2v) is 9.45. The fourth-order valence-corrected chi connectivity index (χ4v) is 5.44. The van der Waals surface area contributed by atoms with E-state index in [1.165, 1.54) is 42.6 Å². The van der Waals surface area contributed by atoms with E-state index in [2.05, 4.69) is 21.3 Å². The molecule has 3 aliphatic rings. The molecule has 7 nitrogen and oxygen atoms in total. The van der Waals surface area contributed by atoms with Crippen molar-refractivity contribution in [2.75, 3.05) is 6.54 Å². The predicted molar refractivity (Wildman–Crippen MR) is 129 cm³/mol. The summed E-state index contributed by atoms with van der Waals surface area (Å²) in [4.78, 5) is 43.9. The first-order chi connectivity index (χ1) is 17.1. The van der Waals surface area contributed by atoms with Gasteiger partial charge in [0.25, 0.3) is 17.7 Å². The van der Waals surface area contributed by atoms with Gasteiger partial charge in [0, 0.05) is 23.5 Å². The topological polar surface area (TPSA) is 92.1 Å². The van der Waals surface area contributed by atoms with E-state index in [1.807, 2.05) is 24.5 Å². The second kappa shape index (κ2) is 8.65. The minimum atomic E-state index is -0.612. The molecule has 2 aliphatic heterocycles. The number of hydrogen-bond acceptors (Lipinski definition) is 5. The summed E-state index contributed by atoms with van der Waals surface area (Å²) < 4.78 is 0. The van der Waals surface area contributed by atoms with Gasteiger partial charge in [-0.15, -0.1) is 5.11 Å². The number of azo groups is 1. The highest BCUT2D eigenvalue weighted by molar-refractivity contribution is 6.21. The quantitative estimate of drug-likeness (QED) is 0.460. The number of carbonyl (C=O) groups excluding carboxylic acids is 3. The fourth-order valence-electron chi connectivity index (χ4n) is 5.44. The lowest BCUT2D eigenvalue weighted by atomic mass is 9.84. The van der Waals surface area contributed by atoms with Crippen molar-refractivity contribution in [2.45, 2.75) is 44.1 Å². The number of amides is 3. The van der Waals surface area contributed by atoms with Crippen molar-refractivity contribution in [3.05, 3.63) is 88.7 Å². The largest absolute Gasteiger partial charge is 0.295 e. The maximum Gasteiger partial charge on any atom is 0.295 e. The van der Waals surface area contributed by atoms with Crippen molar-refractivity contribution in [1.82, 2.24) is 9.88 Å². The smallest absolute Gasteiger partial charge is 0.272 e. The van der Waals surface area contributed by atoms with Gasteiger partial charge in [-0.25, -0.2) is 0 Å². The summed E-state index contributed by atoms with van der Waals surface area (Å²) in [6, 6.07) is 13.9. The standard InChI is InChI=1S/C28H24N4O3/c33-26-21-11-10-18(20-12-19(14-29-15-20)17-6-2-1-3-7-17)13-24(21)25(30-31-26)16-32-27(34)22-8-4-5-9-23(22)28(32)35/h4-5,8-15,17,25H,1-3,6-7,16H2. The molecule has 35 heavy (non-hydrogen) atoms. The maximum absolute atomic E-state index is 12.9. The van der Waals surface area contributed by atoms with E-state index in [9.17, 15) is 14.4 Å². The van der Waals surface area contributed by atoms with Gasteiger partial charge in [0.2, 0.25) is 0 Å². The van der Waals surface area contributed by atoms with E-state index in [4.69, 9.17) is 0 Å². The summed E-state index contributed by atoms with van der Waals surface area (Å²) in [7, 11) is 0.